The molecular formula is C20H20N6O3. The summed E-state index contributed by atoms with van der Waals surface area (Å²) in [6.07, 6.45) is 4.95. The molecule has 0 atom stereocenters. The maximum absolute atomic E-state index is 12.2. The lowest BCUT2D eigenvalue weighted by atomic mass is 9.99. The number of carbonyl (C=O) groups excluding carboxylic acids is 2. The summed E-state index contributed by atoms with van der Waals surface area (Å²) in [6, 6.07) is 13.0. The normalized spacial score (nSPS) is 13.6. The first kappa shape index (κ1) is 18.6. The van der Waals surface area contributed by atoms with Crippen LogP contribution in [-0.2, 0) is 20.9 Å². The molecule has 1 fully saturated rings. The van der Waals surface area contributed by atoms with E-state index < -0.39 is 5.97 Å². The second-order valence-corrected chi connectivity index (χ2v) is 6.65. The lowest BCUT2D eigenvalue weighted by Gasteiger charge is -2.39. The number of nitrogens with zero attached hydrogens (tertiary/aromatic N) is 5. The third-order valence-corrected chi connectivity index (χ3v) is 4.60. The van der Waals surface area contributed by atoms with Gasteiger partial charge in [-0.1, -0.05) is 30.3 Å². The number of rotatable bonds is 7. The van der Waals surface area contributed by atoms with E-state index in [1.807, 2.05) is 47.4 Å². The fraction of sp³-hybridized carbons (Fsp3) is 0.250. The van der Waals surface area contributed by atoms with Crippen molar-refractivity contribution in [3.8, 4) is 5.82 Å². The number of anilines is 1. The van der Waals surface area contributed by atoms with Crippen LogP contribution in [0.15, 0.2) is 61.2 Å². The van der Waals surface area contributed by atoms with Crippen LogP contribution in [0.4, 0.5) is 5.82 Å². The molecule has 1 aromatic carbocycles. The Kier molecular flexibility index (Phi) is 5.46. The van der Waals surface area contributed by atoms with E-state index in [2.05, 4.69) is 20.4 Å². The van der Waals surface area contributed by atoms with Crippen LogP contribution in [0.25, 0.3) is 5.82 Å². The fourth-order valence-electron chi connectivity index (χ4n) is 2.96. The van der Waals surface area contributed by atoms with Crippen molar-refractivity contribution >= 4 is 17.7 Å². The Labute approximate surface area is 167 Å². The molecule has 1 aliphatic heterocycles. The van der Waals surface area contributed by atoms with Crippen LogP contribution >= 0.6 is 0 Å². The Hall–Kier alpha value is -3.75. The topological polar surface area (TPSA) is 102 Å². The molecule has 1 aliphatic rings. The number of aromatic nitrogens is 4. The van der Waals surface area contributed by atoms with Crippen LogP contribution in [0.3, 0.4) is 0 Å². The second kappa shape index (κ2) is 8.51. The van der Waals surface area contributed by atoms with Crippen molar-refractivity contribution in [1.29, 1.82) is 0 Å². The summed E-state index contributed by atoms with van der Waals surface area (Å²) < 4.78 is 6.81. The quantitative estimate of drug-likeness (QED) is 0.598. The Morgan fingerprint density at radius 3 is 2.66 bits per heavy atom. The summed E-state index contributed by atoms with van der Waals surface area (Å²) >= 11 is 0. The smallest absolute Gasteiger partial charge is 0.325 e. The maximum Gasteiger partial charge on any atom is 0.325 e. The molecule has 29 heavy (non-hydrogen) atoms. The highest BCUT2D eigenvalue weighted by molar-refractivity contribution is 5.85. The van der Waals surface area contributed by atoms with Crippen LogP contribution in [0, 0.1) is 5.92 Å². The molecular weight excluding hydrogens is 372 g/mol. The molecule has 0 radical (unpaired) electrons. The molecule has 2 aromatic heterocycles. The van der Waals surface area contributed by atoms with Gasteiger partial charge >= 0.3 is 5.97 Å². The van der Waals surface area contributed by atoms with Crippen molar-refractivity contribution in [1.82, 2.24) is 25.1 Å². The standard InChI is InChI=1S/C20H20N6O3/c27-19(29-13-15-5-2-1-3-6-15)10-21-20(28)16-11-25(12-16)17-9-18(23-14-22-17)26-8-4-7-24-26/h1-9,14,16H,10-13H2,(H,21,28). The Morgan fingerprint density at radius 2 is 1.90 bits per heavy atom. The SMILES string of the molecule is O=C(CNC(=O)C1CN(c2cc(-n3cccn3)ncn2)C1)OCc1ccccc1. The van der Waals surface area contributed by atoms with Crippen molar-refractivity contribution in [2.45, 2.75) is 6.61 Å². The van der Waals surface area contributed by atoms with Crippen molar-refractivity contribution in [3.05, 3.63) is 66.7 Å². The van der Waals surface area contributed by atoms with Crippen molar-refractivity contribution < 1.29 is 14.3 Å². The highest BCUT2D eigenvalue weighted by Crippen LogP contribution is 2.23. The second-order valence-electron chi connectivity index (χ2n) is 6.65. The molecule has 0 aliphatic carbocycles. The van der Waals surface area contributed by atoms with E-state index in [0.29, 0.717) is 18.9 Å². The van der Waals surface area contributed by atoms with Gasteiger partial charge in [0, 0.05) is 31.5 Å². The zero-order chi connectivity index (χ0) is 20.1. The monoisotopic (exact) mass is 392 g/mol. The zero-order valence-electron chi connectivity index (χ0n) is 15.6. The van der Waals surface area contributed by atoms with Gasteiger partial charge in [0.2, 0.25) is 5.91 Å². The number of hydrogen-bond donors (Lipinski definition) is 1. The molecule has 9 nitrogen and oxygen atoms in total. The summed E-state index contributed by atoms with van der Waals surface area (Å²) in [5, 5.41) is 6.79. The van der Waals surface area contributed by atoms with E-state index >= 15 is 0 Å². The van der Waals surface area contributed by atoms with Gasteiger partial charge < -0.3 is 15.0 Å². The van der Waals surface area contributed by atoms with Gasteiger partial charge in [-0.2, -0.15) is 5.10 Å². The van der Waals surface area contributed by atoms with E-state index in [1.54, 1.807) is 17.1 Å². The molecule has 0 bridgehead atoms. The summed E-state index contributed by atoms with van der Waals surface area (Å²) in [5.41, 5.74) is 0.904. The Balaban J connectivity index is 1.21. The number of nitrogens with one attached hydrogen (secondary N) is 1. The number of hydrogen-bond acceptors (Lipinski definition) is 7. The van der Waals surface area contributed by atoms with Gasteiger partial charge in [-0.25, -0.2) is 14.6 Å². The zero-order valence-corrected chi connectivity index (χ0v) is 15.6. The van der Waals surface area contributed by atoms with E-state index in [-0.39, 0.29) is 25.0 Å². The number of carbonyl (C=O) groups is 2. The minimum atomic E-state index is -0.460. The van der Waals surface area contributed by atoms with Crippen molar-refractivity contribution in [2.75, 3.05) is 24.5 Å². The molecule has 9 heteroatoms. The van der Waals surface area contributed by atoms with Gasteiger partial charge in [-0.15, -0.1) is 0 Å². The van der Waals surface area contributed by atoms with Gasteiger partial charge in [-0.05, 0) is 11.6 Å². The molecule has 0 unspecified atom stereocenters. The van der Waals surface area contributed by atoms with Gasteiger partial charge in [-0.3, -0.25) is 9.59 Å². The van der Waals surface area contributed by atoms with Crippen LogP contribution in [0.5, 0.6) is 0 Å². The average molecular weight is 392 g/mol. The Bertz CT molecular complexity index is 971. The predicted molar refractivity (Wildman–Crippen MR) is 104 cm³/mol. The third kappa shape index (κ3) is 4.57. The first-order valence-corrected chi connectivity index (χ1v) is 9.23. The molecule has 148 valence electrons. The average Bonchev–Trinajstić information content (AvgIpc) is 3.26. The largest absolute Gasteiger partial charge is 0.460 e. The van der Waals surface area contributed by atoms with Crippen LogP contribution < -0.4 is 10.2 Å². The minimum Gasteiger partial charge on any atom is -0.460 e. The summed E-state index contributed by atoms with van der Waals surface area (Å²) in [5.74, 6) is 0.572. The fourth-order valence-corrected chi connectivity index (χ4v) is 2.96. The number of amides is 1. The number of ether oxygens (including phenoxy) is 1. The van der Waals surface area contributed by atoms with Crippen molar-refractivity contribution in [2.24, 2.45) is 5.92 Å². The molecule has 1 N–H and O–H groups in total. The summed E-state index contributed by atoms with van der Waals surface area (Å²) in [4.78, 5) is 34.5. The molecule has 0 spiro atoms. The molecule has 3 aromatic rings. The number of esters is 1. The van der Waals surface area contributed by atoms with E-state index in [0.717, 1.165) is 11.4 Å². The van der Waals surface area contributed by atoms with Crippen molar-refractivity contribution in [3.63, 3.8) is 0 Å². The molecule has 0 saturated carbocycles. The van der Waals surface area contributed by atoms with Crippen LogP contribution in [0.1, 0.15) is 5.56 Å². The van der Waals surface area contributed by atoms with E-state index in [1.165, 1.54) is 6.33 Å². The van der Waals surface area contributed by atoms with E-state index in [4.69, 9.17) is 4.74 Å². The Morgan fingerprint density at radius 1 is 1.10 bits per heavy atom. The third-order valence-electron chi connectivity index (χ3n) is 4.60. The lowest BCUT2D eigenvalue weighted by Crippen LogP contribution is -2.54. The van der Waals surface area contributed by atoms with Gasteiger partial charge in [0.15, 0.2) is 5.82 Å². The first-order chi connectivity index (χ1) is 14.2. The predicted octanol–water partition coefficient (Wildman–Crippen LogP) is 0.958. The molecule has 4 rings (SSSR count). The highest BCUT2D eigenvalue weighted by atomic mass is 16.5. The lowest BCUT2D eigenvalue weighted by molar-refractivity contribution is -0.145. The molecule has 3 heterocycles. The van der Waals surface area contributed by atoms with Gasteiger partial charge in [0.1, 0.15) is 25.3 Å². The van der Waals surface area contributed by atoms with E-state index in [9.17, 15) is 9.59 Å². The highest BCUT2D eigenvalue weighted by Gasteiger charge is 2.33. The summed E-state index contributed by atoms with van der Waals surface area (Å²) in [7, 11) is 0. The van der Waals surface area contributed by atoms with Gasteiger partial charge in [0.25, 0.3) is 0 Å². The molecule has 1 saturated heterocycles. The van der Waals surface area contributed by atoms with Gasteiger partial charge in [0.05, 0.1) is 5.92 Å². The number of benzene rings is 1. The van der Waals surface area contributed by atoms with Crippen LogP contribution in [0.2, 0.25) is 0 Å². The summed E-state index contributed by atoms with van der Waals surface area (Å²) in [6.45, 7) is 1.11. The maximum atomic E-state index is 12.2. The minimum absolute atomic E-state index is 0.140. The first-order valence-electron chi connectivity index (χ1n) is 9.23. The van der Waals surface area contributed by atoms with Crippen LogP contribution in [-0.4, -0.2) is 51.3 Å². The molecule has 1 amide bonds.